The van der Waals surface area contributed by atoms with Gasteiger partial charge in [0.1, 0.15) is 11.0 Å². The summed E-state index contributed by atoms with van der Waals surface area (Å²) in [6.07, 6.45) is -4.45. The number of aromatic nitrogens is 3. The van der Waals surface area contributed by atoms with Crippen LogP contribution < -0.4 is 5.56 Å². The zero-order chi connectivity index (χ0) is 18.6. The van der Waals surface area contributed by atoms with E-state index in [9.17, 15) is 23.1 Å². The van der Waals surface area contributed by atoms with Crippen LogP contribution in [0.2, 0.25) is 0 Å². The van der Waals surface area contributed by atoms with Crippen molar-refractivity contribution >= 4 is 21.8 Å². The van der Waals surface area contributed by atoms with Gasteiger partial charge in [-0.2, -0.15) is 23.0 Å². The molecule has 5 nitrogen and oxygen atoms in total. The maximum atomic E-state index is 12.7. The first kappa shape index (κ1) is 16.2. The number of halogens is 3. The van der Waals surface area contributed by atoms with E-state index in [2.05, 4.69) is 5.10 Å². The Morgan fingerprint density at radius 2 is 1.62 bits per heavy atom. The fraction of sp³-hybridized carbons (Fsp3) is 0.111. The number of aromatic hydroxyl groups is 1. The van der Waals surface area contributed by atoms with Crippen LogP contribution in [0.4, 0.5) is 13.2 Å². The van der Waals surface area contributed by atoms with Crippen LogP contribution in [-0.2, 0) is 13.2 Å². The molecule has 2 aromatic carbocycles. The monoisotopic (exact) mass is 359 g/mol. The molecule has 0 radical (unpaired) electrons. The van der Waals surface area contributed by atoms with Gasteiger partial charge in [-0.25, -0.2) is 0 Å². The van der Waals surface area contributed by atoms with Crippen LogP contribution in [0.1, 0.15) is 5.56 Å². The van der Waals surface area contributed by atoms with Crippen molar-refractivity contribution in [1.29, 1.82) is 0 Å². The van der Waals surface area contributed by atoms with Crippen LogP contribution in [0.3, 0.4) is 0 Å². The van der Waals surface area contributed by atoms with E-state index < -0.39 is 11.7 Å². The molecular formula is C18H12F3N3O2. The number of fused-ring (bicyclic) bond motifs is 3. The molecule has 2 aromatic heterocycles. The Morgan fingerprint density at radius 3 is 2.23 bits per heavy atom. The molecule has 0 aliphatic carbocycles. The largest absolute Gasteiger partial charge is 0.492 e. The number of nitrogens with zero attached hydrogens (tertiary/aromatic N) is 3. The van der Waals surface area contributed by atoms with Gasteiger partial charge in [-0.1, -0.05) is 18.2 Å². The predicted octanol–water partition coefficient (Wildman–Crippen LogP) is 3.60. The lowest BCUT2D eigenvalue weighted by molar-refractivity contribution is -0.137. The Labute approximate surface area is 144 Å². The Balaban J connectivity index is 2.01. The highest BCUT2D eigenvalue weighted by Crippen LogP contribution is 2.33. The summed E-state index contributed by atoms with van der Waals surface area (Å²) in [6.45, 7) is 0. The van der Waals surface area contributed by atoms with Crippen molar-refractivity contribution in [3.63, 3.8) is 0 Å². The molecule has 0 unspecified atom stereocenters. The Bertz CT molecular complexity index is 1210. The summed E-state index contributed by atoms with van der Waals surface area (Å²) in [5.41, 5.74) is -0.234. The molecular weight excluding hydrogens is 347 g/mol. The van der Waals surface area contributed by atoms with E-state index in [-0.39, 0.29) is 22.6 Å². The molecule has 0 atom stereocenters. The van der Waals surface area contributed by atoms with Crippen LogP contribution in [0.5, 0.6) is 5.88 Å². The molecule has 0 bridgehead atoms. The standard InChI is InChI=1S/C18H12F3N3O2/c1-23-15-14(12-4-2-3-5-13(12)16(23)25)22-24(17(15)26)11-8-6-10(7-9-11)18(19,20)21/h2-9,26H,1H3. The number of pyridine rings is 1. The van der Waals surface area contributed by atoms with E-state index in [0.29, 0.717) is 16.3 Å². The van der Waals surface area contributed by atoms with Crippen molar-refractivity contribution in [2.24, 2.45) is 7.05 Å². The first-order valence-corrected chi connectivity index (χ1v) is 7.66. The number of aryl methyl sites for hydroxylation is 1. The lowest BCUT2D eigenvalue weighted by Gasteiger charge is -2.08. The zero-order valence-corrected chi connectivity index (χ0v) is 13.4. The molecule has 26 heavy (non-hydrogen) atoms. The fourth-order valence-electron chi connectivity index (χ4n) is 3.02. The van der Waals surface area contributed by atoms with E-state index >= 15 is 0 Å². The average molecular weight is 359 g/mol. The SMILES string of the molecule is Cn1c(=O)c2ccccc2c2nn(-c3ccc(C(F)(F)F)cc3)c(O)c21. The Kier molecular flexibility index (Phi) is 3.33. The normalized spacial score (nSPS) is 12.2. The third-order valence-corrected chi connectivity index (χ3v) is 4.33. The number of benzene rings is 2. The van der Waals surface area contributed by atoms with E-state index in [1.165, 1.54) is 23.7 Å². The molecule has 0 fully saturated rings. The summed E-state index contributed by atoms with van der Waals surface area (Å²) in [5, 5.41) is 15.9. The van der Waals surface area contributed by atoms with E-state index in [1.54, 1.807) is 24.3 Å². The van der Waals surface area contributed by atoms with Crippen molar-refractivity contribution in [2.75, 3.05) is 0 Å². The minimum atomic E-state index is -4.45. The number of alkyl halides is 3. The first-order chi connectivity index (χ1) is 12.3. The minimum absolute atomic E-state index is 0.216. The molecule has 0 spiro atoms. The number of hydrogen-bond donors (Lipinski definition) is 1. The van der Waals surface area contributed by atoms with Gasteiger partial charge in [-0.15, -0.1) is 0 Å². The summed E-state index contributed by atoms with van der Waals surface area (Å²) >= 11 is 0. The molecule has 2 heterocycles. The van der Waals surface area contributed by atoms with Gasteiger partial charge in [-0.3, -0.25) is 4.79 Å². The van der Waals surface area contributed by atoms with Gasteiger partial charge in [0.2, 0.25) is 5.88 Å². The number of rotatable bonds is 1. The molecule has 0 aliphatic heterocycles. The van der Waals surface area contributed by atoms with Gasteiger partial charge in [0, 0.05) is 17.8 Å². The lowest BCUT2D eigenvalue weighted by atomic mass is 10.1. The topological polar surface area (TPSA) is 60.0 Å². The Hall–Kier alpha value is -3.29. The zero-order valence-electron chi connectivity index (χ0n) is 13.4. The lowest BCUT2D eigenvalue weighted by Crippen LogP contribution is -2.16. The van der Waals surface area contributed by atoms with Crippen molar-refractivity contribution in [1.82, 2.24) is 14.3 Å². The third kappa shape index (κ3) is 2.26. The molecule has 0 aliphatic rings. The molecule has 4 aromatic rings. The fourth-order valence-corrected chi connectivity index (χ4v) is 3.02. The molecule has 0 amide bonds. The van der Waals surface area contributed by atoms with Crippen LogP contribution >= 0.6 is 0 Å². The highest BCUT2D eigenvalue weighted by atomic mass is 19.4. The second-order valence-electron chi connectivity index (χ2n) is 5.89. The summed E-state index contributed by atoms with van der Waals surface area (Å²) in [5.74, 6) is -0.315. The van der Waals surface area contributed by atoms with Crippen molar-refractivity contribution < 1.29 is 18.3 Å². The van der Waals surface area contributed by atoms with Gasteiger partial charge in [0.15, 0.2) is 0 Å². The average Bonchev–Trinajstić information content (AvgIpc) is 2.97. The van der Waals surface area contributed by atoms with Crippen LogP contribution in [0.15, 0.2) is 53.3 Å². The molecule has 0 saturated carbocycles. The van der Waals surface area contributed by atoms with Crippen molar-refractivity contribution in [3.8, 4) is 11.6 Å². The summed E-state index contributed by atoms with van der Waals surface area (Å²) < 4.78 is 40.6. The molecule has 1 N–H and O–H groups in total. The minimum Gasteiger partial charge on any atom is -0.492 e. The third-order valence-electron chi connectivity index (χ3n) is 4.33. The van der Waals surface area contributed by atoms with Crippen molar-refractivity contribution in [3.05, 3.63) is 64.4 Å². The van der Waals surface area contributed by atoms with Gasteiger partial charge in [0.25, 0.3) is 5.56 Å². The summed E-state index contributed by atoms with van der Waals surface area (Å²) in [7, 11) is 1.51. The quantitative estimate of drug-likeness (QED) is 0.565. The predicted molar refractivity (Wildman–Crippen MR) is 90.5 cm³/mol. The second kappa shape index (κ2) is 5.35. The van der Waals surface area contributed by atoms with Crippen molar-refractivity contribution in [2.45, 2.75) is 6.18 Å². The molecule has 132 valence electrons. The van der Waals surface area contributed by atoms with Crippen LogP contribution in [0, 0.1) is 0 Å². The van der Waals surface area contributed by atoms with Gasteiger partial charge in [0.05, 0.1) is 11.3 Å². The first-order valence-electron chi connectivity index (χ1n) is 7.66. The Morgan fingerprint density at radius 1 is 1.00 bits per heavy atom. The smallest absolute Gasteiger partial charge is 0.416 e. The maximum absolute atomic E-state index is 12.7. The maximum Gasteiger partial charge on any atom is 0.416 e. The van der Waals surface area contributed by atoms with E-state index in [4.69, 9.17) is 0 Å². The van der Waals surface area contributed by atoms with Crippen LogP contribution in [-0.4, -0.2) is 19.5 Å². The van der Waals surface area contributed by atoms with Gasteiger partial charge in [-0.05, 0) is 30.3 Å². The second-order valence-corrected chi connectivity index (χ2v) is 5.89. The highest BCUT2D eigenvalue weighted by Gasteiger charge is 2.30. The molecule has 8 heteroatoms. The molecule has 4 rings (SSSR count). The van der Waals surface area contributed by atoms with E-state index in [0.717, 1.165) is 16.8 Å². The number of hydrogen-bond acceptors (Lipinski definition) is 3. The van der Waals surface area contributed by atoms with E-state index in [1.807, 2.05) is 0 Å². The van der Waals surface area contributed by atoms with Crippen LogP contribution in [0.25, 0.3) is 27.5 Å². The van der Waals surface area contributed by atoms with Gasteiger partial charge >= 0.3 is 6.18 Å². The van der Waals surface area contributed by atoms with Gasteiger partial charge < -0.3 is 9.67 Å². The molecule has 0 saturated heterocycles. The highest BCUT2D eigenvalue weighted by molar-refractivity contribution is 6.05. The summed E-state index contributed by atoms with van der Waals surface area (Å²) in [6, 6.07) is 11.1. The summed E-state index contributed by atoms with van der Waals surface area (Å²) in [4.78, 5) is 12.5.